The lowest BCUT2D eigenvalue weighted by Crippen LogP contribution is -2.28. The molecule has 0 radical (unpaired) electrons. The van der Waals surface area contributed by atoms with E-state index in [2.05, 4.69) is 78.9 Å². The van der Waals surface area contributed by atoms with Gasteiger partial charge in [0, 0.05) is 37.5 Å². The Morgan fingerprint density at radius 3 is 2.27 bits per heavy atom. The molecule has 2 aromatic heterocycles. The zero-order valence-corrected chi connectivity index (χ0v) is 24.6. The molecule has 0 atom stereocenters. The molecule has 1 aliphatic heterocycles. The Hall–Kier alpha value is -5.78. The van der Waals surface area contributed by atoms with Gasteiger partial charge >= 0.3 is 0 Å². The summed E-state index contributed by atoms with van der Waals surface area (Å²) in [7, 11) is 0. The first kappa shape index (κ1) is 22.7. The molecule has 3 heterocycles. The maximum atomic E-state index is 8.81. The van der Waals surface area contributed by atoms with Gasteiger partial charge in [-0.1, -0.05) is 121 Å². The molecule has 10 rings (SSSR count). The molecule has 5 heteroatoms. The highest BCUT2D eigenvalue weighted by atomic mass is 32.1. The fourth-order valence-corrected chi connectivity index (χ4v) is 8.03. The second kappa shape index (κ2) is 9.36. The highest BCUT2D eigenvalue weighted by molar-refractivity contribution is 7.26. The number of hydrogen-bond acceptors (Lipinski definition) is 5. The number of fused-ring (bicyclic) bond motifs is 13. The topological polar surface area (TPSA) is 38.2 Å². The summed E-state index contributed by atoms with van der Waals surface area (Å²) in [6, 6.07) is 43.2. The fourth-order valence-electron chi connectivity index (χ4n) is 6.78. The van der Waals surface area contributed by atoms with E-state index in [0.717, 1.165) is 37.7 Å². The number of rotatable bonds is 2. The summed E-state index contributed by atoms with van der Waals surface area (Å²) in [6.45, 7) is 0. The van der Waals surface area contributed by atoms with Crippen LogP contribution < -0.4 is 9.90 Å². The third-order valence-corrected chi connectivity index (χ3v) is 9.87. The van der Waals surface area contributed by atoms with E-state index in [1.165, 1.54) is 20.9 Å². The van der Waals surface area contributed by atoms with Gasteiger partial charge in [0.15, 0.2) is 5.75 Å². The van der Waals surface area contributed by atoms with Crippen molar-refractivity contribution in [2.45, 2.75) is 0 Å². The molecular formula is C40H23N3OS. The van der Waals surface area contributed by atoms with Gasteiger partial charge in [0.05, 0.1) is 18.7 Å². The molecule has 0 saturated heterocycles. The quantitative estimate of drug-likeness (QED) is 0.199. The van der Waals surface area contributed by atoms with Crippen molar-refractivity contribution in [2.24, 2.45) is 0 Å². The molecular weight excluding hydrogens is 571 g/mol. The van der Waals surface area contributed by atoms with Gasteiger partial charge < -0.3 is 4.84 Å². The molecule has 0 aliphatic carbocycles. The van der Waals surface area contributed by atoms with E-state index in [4.69, 9.17) is 17.5 Å². The number of nitrogens with zero attached hydrogens (tertiary/aromatic N) is 3. The molecule has 210 valence electrons. The lowest BCUT2D eigenvalue weighted by atomic mass is 9.89. The number of anilines is 2. The molecule has 0 amide bonds. The first-order chi connectivity index (χ1) is 23.2. The van der Waals surface area contributed by atoms with Crippen LogP contribution in [-0.4, -0.2) is 9.97 Å². The molecule has 7 aromatic carbocycles. The van der Waals surface area contributed by atoms with Gasteiger partial charge in [-0.25, -0.2) is 9.97 Å². The fraction of sp³-hybridized carbons (Fsp3) is 0. The van der Waals surface area contributed by atoms with Crippen molar-refractivity contribution in [3.05, 3.63) is 139 Å². The molecule has 9 aromatic rings. The summed E-state index contributed by atoms with van der Waals surface area (Å²) in [6.07, 6.45) is 0. The van der Waals surface area contributed by atoms with E-state index in [-0.39, 0.29) is 0 Å². The summed E-state index contributed by atoms with van der Waals surface area (Å²) in [5.41, 5.74) is 4.77. The normalized spacial score (nSPS) is 13.2. The highest BCUT2D eigenvalue weighted by Crippen LogP contribution is 2.56. The van der Waals surface area contributed by atoms with Gasteiger partial charge in [0.2, 0.25) is 0 Å². The number of para-hydroxylation sites is 1. The van der Waals surface area contributed by atoms with Crippen molar-refractivity contribution in [2.75, 3.05) is 5.06 Å². The molecule has 0 unspecified atom stereocenters. The van der Waals surface area contributed by atoms with Gasteiger partial charge in [-0.15, -0.1) is 16.4 Å². The summed E-state index contributed by atoms with van der Waals surface area (Å²) >= 11 is 1.74. The van der Waals surface area contributed by atoms with Crippen LogP contribution in [-0.2, 0) is 0 Å². The minimum atomic E-state index is 0.307. The zero-order valence-electron chi connectivity index (χ0n) is 25.8. The van der Waals surface area contributed by atoms with Gasteiger partial charge in [-0.3, -0.25) is 0 Å². The minimum absolute atomic E-state index is 0.307. The molecule has 45 heavy (non-hydrogen) atoms. The van der Waals surface area contributed by atoms with Crippen LogP contribution in [0.15, 0.2) is 139 Å². The van der Waals surface area contributed by atoms with E-state index < -0.39 is 0 Å². The van der Waals surface area contributed by atoms with E-state index in [0.29, 0.717) is 45.9 Å². The smallest absolute Gasteiger partial charge is 0.265 e. The van der Waals surface area contributed by atoms with Crippen LogP contribution in [0.25, 0.3) is 75.0 Å². The Kier molecular flexibility index (Phi) is 4.72. The van der Waals surface area contributed by atoms with Crippen LogP contribution in [0.2, 0.25) is 0 Å². The number of aromatic nitrogens is 2. The first-order valence-electron chi connectivity index (χ1n) is 15.9. The van der Waals surface area contributed by atoms with E-state index in [1.807, 2.05) is 36.4 Å². The second-order valence-electron chi connectivity index (χ2n) is 11.2. The van der Waals surface area contributed by atoms with Crippen LogP contribution in [0.3, 0.4) is 0 Å². The Bertz CT molecular complexity index is 2780. The molecule has 0 N–H and O–H groups in total. The van der Waals surface area contributed by atoms with Gasteiger partial charge in [-0.05, 0) is 39.7 Å². The maximum Gasteiger partial charge on any atom is 0.265 e. The molecule has 0 bridgehead atoms. The lowest BCUT2D eigenvalue weighted by Gasteiger charge is -2.33. The standard InChI is InChI=1S/C40H23N3OS/c1-2-13-25(14-3-1)37-29-18-8-10-20-31(29)41-40(42-37)43-38-36(35-26-15-5-4-12-24(26)22-23-32(35)44-43)28-17-7-6-16-27(28)34-30-19-9-11-21-33(30)45-39(34)38/h1-23H/i13D,18D. The van der Waals surface area contributed by atoms with Crippen molar-refractivity contribution >= 4 is 75.6 Å². The summed E-state index contributed by atoms with van der Waals surface area (Å²) in [5, 5.41) is 9.29. The lowest BCUT2D eigenvalue weighted by molar-refractivity contribution is 0.316. The maximum absolute atomic E-state index is 8.81. The minimum Gasteiger partial charge on any atom is -0.371 e. The Morgan fingerprint density at radius 1 is 0.600 bits per heavy atom. The SMILES string of the molecule is [2H]c1ccccc1-c1nc(N2Oc3ccc4ccccc4c3-c3c2c2sc4ccccc4c2c2ccccc32)nc2cccc([2H])c12. The van der Waals surface area contributed by atoms with E-state index in [1.54, 1.807) is 28.5 Å². The number of thiophene rings is 1. The monoisotopic (exact) mass is 595 g/mol. The van der Waals surface area contributed by atoms with E-state index in [9.17, 15) is 0 Å². The van der Waals surface area contributed by atoms with Crippen molar-refractivity contribution < 1.29 is 7.58 Å². The first-order valence-corrected chi connectivity index (χ1v) is 15.7. The molecule has 4 nitrogen and oxygen atoms in total. The van der Waals surface area contributed by atoms with Crippen LogP contribution >= 0.6 is 11.3 Å². The Labute approximate surface area is 265 Å². The van der Waals surface area contributed by atoms with Gasteiger partial charge in [0.1, 0.15) is 5.69 Å². The predicted molar refractivity (Wildman–Crippen MR) is 188 cm³/mol. The third kappa shape index (κ3) is 3.53. The second-order valence-corrected chi connectivity index (χ2v) is 12.2. The molecule has 0 saturated carbocycles. The molecule has 0 fully saturated rings. The Morgan fingerprint density at radius 2 is 1.36 bits per heavy atom. The van der Waals surface area contributed by atoms with Crippen LogP contribution in [0.1, 0.15) is 2.74 Å². The largest absolute Gasteiger partial charge is 0.371 e. The van der Waals surface area contributed by atoms with Crippen molar-refractivity contribution in [3.63, 3.8) is 0 Å². The summed E-state index contributed by atoms with van der Waals surface area (Å²) < 4.78 is 19.8. The van der Waals surface area contributed by atoms with Crippen molar-refractivity contribution in [3.8, 4) is 28.1 Å². The van der Waals surface area contributed by atoms with Gasteiger partial charge in [0.25, 0.3) is 5.95 Å². The zero-order chi connectivity index (χ0) is 31.2. The van der Waals surface area contributed by atoms with Crippen LogP contribution in [0.5, 0.6) is 5.75 Å². The molecule has 1 aliphatic rings. The molecule has 0 spiro atoms. The van der Waals surface area contributed by atoms with Crippen LogP contribution in [0.4, 0.5) is 11.6 Å². The predicted octanol–water partition coefficient (Wildman–Crippen LogP) is 11.1. The third-order valence-electron chi connectivity index (χ3n) is 8.70. The summed E-state index contributed by atoms with van der Waals surface area (Å²) in [4.78, 5) is 17.1. The van der Waals surface area contributed by atoms with Crippen molar-refractivity contribution in [1.29, 1.82) is 0 Å². The average molecular weight is 596 g/mol. The Balaban J connectivity index is 1.39. The van der Waals surface area contributed by atoms with Gasteiger partial charge in [-0.2, -0.15) is 0 Å². The highest BCUT2D eigenvalue weighted by Gasteiger charge is 2.34. The number of benzene rings is 7. The summed E-state index contributed by atoms with van der Waals surface area (Å²) in [5.74, 6) is 1.05. The van der Waals surface area contributed by atoms with Crippen LogP contribution in [0, 0.1) is 0 Å². The van der Waals surface area contributed by atoms with Crippen molar-refractivity contribution in [1.82, 2.24) is 9.97 Å². The van der Waals surface area contributed by atoms with E-state index >= 15 is 0 Å². The number of hydrogen-bond donors (Lipinski definition) is 0. The average Bonchev–Trinajstić information content (AvgIpc) is 3.51.